The first-order chi connectivity index (χ1) is 7.31. The number of pyridine rings is 1. The molecule has 0 saturated carbocycles. The highest BCUT2D eigenvalue weighted by Gasteiger charge is 2.05. The van der Waals surface area contributed by atoms with Crippen molar-refractivity contribution < 1.29 is 4.39 Å². The van der Waals surface area contributed by atoms with Gasteiger partial charge in [0, 0.05) is 17.1 Å². The fourth-order valence-electron chi connectivity index (χ4n) is 1.44. The van der Waals surface area contributed by atoms with Crippen LogP contribution in [0.25, 0.3) is 11.3 Å². The molecule has 3 heteroatoms. The molecule has 2 aromatic rings. The summed E-state index contributed by atoms with van der Waals surface area (Å²) in [6.07, 6.45) is 1.71. The molecule has 0 unspecified atom stereocenters. The molecule has 15 heavy (non-hydrogen) atoms. The van der Waals surface area contributed by atoms with Crippen LogP contribution in [0.1, 0.15) is 5.56 Å². The molecule has 0 atom stereocenters. The van der Waals surface area contributed by atoms with Crippen LogP contribution >= 0.6 is 15.9 Å². The first-order valence-corrected chi connectivity index (χ1v) is 5.69. The lowest BCUT2D eigenvalue weighted by molar-refractivity contribution is 0.628. The van der Waals surface area contributed by atoms with E-state index in [-0.39, 0.29) is 5.82 Å². The summed E-state index contributed by atoms with van der Waals surface area (Å²) in [5, 5.41) is 0.715. The number of halogens is 2. The van der Waals surface area contributed by atoms with E-state index in [4.69, 9.17) is 0 Å². The zero-order valence-electron chi connectivity index (χ0n) is 7.95. The van der Waals surface area contributed by atoms with E-state index in [2.05, 4.69) is 20.9 Å². The molecule has 0 bridgehead atoms. The molecule has 2 rings (SSSR count). The van der Waals surface area contributed by atoms with Gasteiger partial charge in [-0.1, -0.05) is 34.1 Å². The Hall–Kier alpha value is -1.22. The Morgan fingerprint density at radius 3 is 2.80 bits per heavy atom. The lowest BCUT2D eigenvalue weighted by Crippen LogP contribution is -1.90. The largest absolute Gasteiger partial charge is 0.256 e. The minimum Gasteiger partial charge on any atom is -0.256 e. The van der Waals surface area contributed by atoms with Gasteiger partial charge in [-0.2, -0.15) is 0 Å². The van der Waals surface area contributed by atoms with Crippen molar-refractivity contribution in [3.05, 3.63) is 54.0 Å². The summed E-state index contributed by atoms with van der Waals surface area (Å²) in [5.41, 5.74) is 2.70. The summed E-state index contributed by atoms with van der Waals surface area (Å²) < 4.78 is 13.0. The number of nitrogens with zero attached hydrogens (tertiary/aromatic N) is 1. The van der Waals surface area contributed by atoms with Crippen molar-refractivity contribution in [2.45, 2.75) is 5.33 Å². The molecule has 1 aromatic carbocycles. The fraction of sp³-hybridized carbons (Fsp3) is 0.0833. The molecular weight excluding hydrogens is 257 g/mol. The van der Waals surface area contributed by atoms with E-state index in [1.165, 1.54) is 12.1 Å². The van der Waals surface area contributed by atoms with E-state index in [1.807, 2.05) is 18.2 Å². The molecule has 0 spiro atoms. The van der Waals surface area contributed by atoms with Gasteiger partial charge in [0.2, 0.25) is 0 Å². The van der Waals surface area contributed by atoms with Gasteiger partial charge in [0.1, 0.15) is 5.82 Å². The average molecular weight is 266 g/mol. The summed E-state index contributed by atoms with van der Waals surface area (Å²) in [7, 11) is 0. The predicted molar refractivity (Wildman–Crippen MR) is 62.3 cm³/mol. The molecule has 0 N–H and O–H groups in total. The third kappa shape index (κ3) is 2.23. The standard InChI is InChI=1S/C12H9BrFN/c13-8-10-4-2-6-15-12(10)9-3-1-5-11(14)7-9/h1-7H,8H2. The number of aromatic nitrogens is 1. The summed E-state index contributed by atoms with van der Waals surface area (Å²) >= 11 is 3.39. The minimum absolute atomic E-state index is 0.237. The van der Waals surface area contributed by atoms with Gasteiger partial charge in [-0.25, -0.2) is 4.39 Å². The number of hydrogen-bond donors (Lipinski definition) is 0. The van der Waals surface area contributed by atoms with Crippen molar-refractivity contribution in [1.82, 2.24) is 4.98 Å². The van der Waals surface area contributed by atoms with Crippen LogP contribution in [0.5, 0.6) is 0 Å². The van der Waals surface area contributed by atoms with Crippen LogP contribution in [0.3, 0.4) is 0 Å². The Labute approximate surface area is 96.1 Å². The SMILES string of the molecule is Fc1cccc(-c2ncccc2CBr)c1. The Kier molecular flexibility index (Phi) is 3.11. The van der Waals surface area contributed by atoms with Crippen LogP contribution in [-0.2, 0) is 5.33 Å². The van der Waals surface area contributed by atoms with Crippen molar-refractivity contribution in [1.29, 1.82) is 0 Å². The molecule has 1 heterocycles. The maximum atomic E-state index is 13.0. The second-order valence-corrected chi connectivity index (χ2v) is 3.72. The number of hydrogen-bond acceptors (Lipinski definition) is 1. The summed E-state index contributed by atoms with van der Waals surface area (Å²) in [6, 6.07) is 10.3. The highest BCUT2D eigenvalue weighted by Crippen LogP contribution is 2.23. The van der Waals surface area contributed by atoms with E-state index in [1.54, 1.807) is 12.3 Å². The van der Waals surface area contributed by atoms with Crippen LogP contribution in [0.15, 0.2) is 42.6 Å². The van der Waals surface area contributed by atoms with E-state index in [0.29, 0.717) is 5.33 Å². The van der Waals surface area contributed by atoms with Crippen LogP contribution < -0.4 is 0 Å². The van der Waals surface area contributed by atoms with Crippen LogP contribution in [0.4, 0.5) is 4.39 Å². The Morgan fingerprint density at radius 1 is 1.20 bits per heavy atom. The smallest absolute Gasteiger partial charge is 0.123 e. The van der Waals surface area contributed by atoms with Gasteiger partial charge in [0.05, 0.1) is 5.69 Å². The van der Waals surface area contributed by atoms with Crippen molar-refractivity contribution in [2.75, 3.05) is 0 Å². The maximum Gasteiger partial charge on any atom is 0.123 e. The van der Waals surface area contributed by atoms with Crippen molar-refractivity contribution in [2.24, 2.45) is 0 Å². The molecule has 0 radical (unpaired) electrons. The summed E-state index contributed by atoms with van der Waals surface area (Å²) in [4.78, 5) is 4.26. The molecule has 0 aliphatic rings. The summed E-state index contributed by atoms with van der Waals surface area (Å²) in [6.45, 7) is 0. The Balaban J connectivity index is 2.53. The van der Waals surface area contributed by atoms with Gasteiger partial charge in [0.25, 0.3) is 0 Å². The summed E-state index contributed by atoms with van der Waals surface area (Å²) in [5.74, 6) is -0.237. The first kappa shape index (κ1) is 10.3. The van der Waals surface area contributed by atoms with Crippen LogP contribution in [-0.4, -0.2) is 4.98 Å². The molecule has 76 valence electrons. The van der Waals surface area contributed by atoms with Crippen molar-refractivity contribution >= 4 is 15.9 Å². The molecule has 0 amide bonds. The lowest BCUT2D eigenvalue weighted by atomic mass is 10.1. The Morgan fingerprint density at radius 2 is 2.07 bits per heavy atom. The average Bonchev–Trinajstić information content (AvgIpc) is 2.29. The van der Waals surface area contributed by atoms with Crippen LogP contribution in [0.2, 0.25) is 0 Å². The normalized spacial score (nSPS) is 10.3. The van der Waals surface area contributed by atoms with Crippen molar-refractivity contribution in [3.8, 4) is 11.3 Å². The molecule has 0 saturated heterocycles. The van der Waals surface area contributed by atoms with E-state index in [9.17, 15) is 4.39 Å². The molecule has 0 aliphatic carbocycles. The predicted octanol–water partition coefficient (Wildman–Crippen LogP) is 3.78. The highest BCUT2D eigenvalue weighted by molar-refractivity contribution is 9.08. The number of rotatable bonds is 2. The van der Waals surface area contributed by atoms with Crippen molar-refractivity contribution in [3.63, 3.8) is 0 Å². The van der Waals surface area contributed by atoms with E-state index < -0.39 is 0 Å². The third-order valence-electron chi connectivity index (χ3n) is 2.13. The topological polar surface area (TPSA) is 12.9 Å². The lowest BCUT2D eigenvalue weighted by Gasteiger charge is -2.05. The van der Waals surface area contributed by atoms with Crippen LogP contribution in [0, 0.1) is 5.82 Å². The Bertz CT molecular complexity index is 471. The van der Waals surface area contributed by atoms with Gasteiger partial charge in [-0.3, -0.25) is 4.98 Å². The molecule has 1 nitrogen and oxygen atoms in total. The molecule has 0 aliphatic heterocycles. The van der Waals surface area contributed by atoms with E-state index in [0.717, 1.165) is 16.8 Å². The maximum absolute atomic E-state index is 13.0. The van der Waals surface area contributed by atoms with Gasteiger partial charge in [-0.05, 0) is 23.8 Å². The zero-order valence-corrected chi connectivity index (χ0v) is 9.54. The molecular formula is C12H9BrFN. The highest BCUT2D eigenvalue weighted by atomic mass is 79.9. The molecule has 1 aromatic heterocycles. The van der Waals surface area contributed by atoms with Gasteiger partial charge in [-0.15, -0.1) is 0 Å². The fourth-order valence-corrected chi connectivity index (χ4v) is 1.89. The van der Waals surface area contributed by atoms with Gasteiger partial charge < -0.3 is 0 Å². The van der Waals surface area contributed by atoms with E-state index >= 15 is 0 Å². The monoisotopic (exact) mass is 265 g/mol. The third-order valence-corrected chi connectivity index (χ3v) is 2.74. The van der Waals surface area contributed by atoms with Gasteiger partial charge >= 0.3 is 0 Å². The minimum atomic E-state index is -0.237. The van der Waals surface area contributed by atoms with Gasteiger partial charge in [0.15, 0.2) is 0 Å². The number of alkyl halides is 1. The molecule has 0 fully saturated rings. The zero-order chi connectivity index (χ0) is 10.7. The second-order valence-electron chi connectivity index (χ2n) is 3.16. The quantitative estimate of drug-likeness (QED) is 0.754. The number of benzene rings is 1. The first-order valence-electron chi connectivity index (χ1n) is 4.57. The second kappa shape index (κ2) is 4.53.